The Morgan fingerprint density at radius 2 is 1.88 bits per heavy atom. The van der Waals surface area contributed by atoms with Gasteiger partial charge in [0.2, 0.25) is 0 Å². The summed E-state index contributed by atoms with van der Waals surface area (Å²) in [6.07, 6.45) is 2.14. The number of nitrogens with zero attached hydrogens (tertiary/aromatic N) is 2. The van der Waals surface area contributed by atoms with E-state index in [9.17, 15) is 0 Å². The van der Waals surface area contributed by atoms with Gasteiger partial charge in [-0.1, -0.05) is 36.4 Å². The summed E-state index contributed by atoms with van der Waals surface area (Å²) in [5.74, 6) is 1.06. The van der Waals surface area contributed by atoms with Crippen molar-refractivity contribution in [1.82, 2.24) is 9.38 Å². The van der Waals surface area contributed by atoms with Crippen LogP contribution >= 0.6 is 11.3 Å². The lowest BCUT2D eigenvalue weighted by Crippen LogP contribution is -2.03. The molecule has 4 heteroatoms. The third-order valence-electron chi connectivity index (χ3n) is 4.15. The van der Waals surface area contributed by atoms with Crippen LogP contribution in [0.25, 0.3) is 16.2 Å². The predicted molar refractivity (Wildman–Crippen MR) is 102 cm³/mol. The summed E-state index contributed by atoms with van der Waals surface area (Å²) in [5, 5.41) is 5.73. The van der Waals surface area contributed by atoms with Gasteiger partial charge < -0.3 is 5.32 Å². The average Bonchev–Trinajstić information content (AvgIpc) is 3.17. The van der Waals surface area contributed by atoms with Crippen molar-refractivity contribution in [2.45, 2.75) is 20.4 Å². The largest absolute Gasteiger partial charge is 0.365 e. The number of benzene rings is 1. The van der Waals surface area contributed by atoms with Gasteiger partial charge in [-0.15, -0.1) is 11.3 Å². The smallest absolute Gasteiger partial charge is 0.139 e. The number of pyridine rings is 1. The summed E-state index contributed by atoms with van der Waals surface area (Å²) in [6.45, 7) is 5.03. The number of aryl methyl sites for hydroxylation is 2. The van der Waals surface area contributed by atoms with E-state index in [2.05, 4.69) is 77.6 Å². The number of anilines is 1. The van der Waals surface area contributed by atoms with Gasteiger partial charge in [0.25, 0.3) is 0 Å². The molecule has 3 aromatic heterocycles. The predicted octanol–water partition coefficient (Wildman–Crippen LogP) is 5.29. The Balaban J connectivity index is 1.81. The Labute approximate surface area is 145 Å². The molecule has 1 N–H and O–H groups in total. The second-order valence-electron chi connectivity index (χ2n) is 6.02. The molecule has 24 heavy (non-hydrogen) atoms. The number of rotatable bonds is 4. The van der Waals surface area contributed by atoms with Crippen molar-refractivity contribution in [2.24, 2.45) is 0 Å². The second-order valence-corrected chi connectivity index (χ2v) is 6.93. The van der Waals surface area contributed by atoms with Gasteiger partial charge in [-0.3, -0.25) is 4.40 Å². The molecule has 1 aromatic carbocycles. The maximum absolute atomic E-state index is 4.88. The van der Waals surface area contributed by atoms with E-state index in [1.165, 1.54) is 21.6 Å². The Bertz CT molecular complexity index is 983. The summed E-state index contributed by atoms with van der Waals surface area (Å²) in [6, 6.07) is 16.8. The average molecular weight is 333 g/mol. The van der Waals surface area contributed by atoms with Crippen LogP contribution in [-0.2, 0) is 6.54 Å². The number of imidazole rings is 1. The molecular formula is C20H19N3S. The van der Waals surface area contributed by atoms with Crippen molar-refractivity contribution >= 4 is 22.8 Å². The van der Waals surface area contributed by atoms with E-state index >= 15 is 0 Å². The van der Waals surface area contributed by atoms with Crippen molar-refractivity contribution in [3.63, 3.8) is 0 Å². The van der Waals surface area contributed by atoms with Crippen molar-refractivity contribution < 1.29 is 0 Å². The van der Waals surface area contributed by atoms with E-state index < -0.39 is 0 Å². The fraction of sp³-hybridized carbons (Fsp3) is 0.150. The van der Waals surface area contributed by atoms with E-state index in [0.717, 1.165) is 23.7 Å². The summed E-state index contributed by atoms with van der Waals surface area (Å²) in [5.41, 5.74) is 5.75. The Morgan fingerprint density at radius 3 is 2.62 bits per heavy atom. The van der Waals surface area contributed by atoms with Crippen LogP contribution in [0.2, 0.25) is 0 Å². The fourth-order valence-corrected chi connectivity index (χ4v) is 3.79. The van der Waals surface area contributed by atoms with E-state index in [4.69, 9.17) is 4.98 Å². The third-order valence-corrected chi connectivity index (χ3v) is 5.17. The molecular weight excluding hydrogens is 314 g/mol. The summed E-state index contributed by atoms with van der Waals surface area (Å²) < 4.78 is 2.16. The monoisotopic (exact) mass is 333 g/mol. The van der Waals surface area contributed by atoms with Crippen LogP contribution in [0.4, 0.5) is 5.82 Å². The molecule has 4 aromatic rings. The fourth-order valence-electron chi connectivity index (χ4n) is 2.88. The van der Waals surface area contributed by atoms with Gasteiger partial charge in [0.1, 0.15) is 17.2 Å². The van der Waals surface area contributed by atoms with E-state index in [1.54, 1.807) is 11.3 Å². The summed E-state index contributed by atoms with van der Waals surface area (Å²) in [4.78, 5) is 6.11. The molecule has 0 aliphatic rings. The van der Waals surface area contributed by atoms with Crippen LogP contribution < -0.4 is 5.32 Å². The molecule has 0 aliphatic carbocycles. The zero-order valence-electron chi connectivity index (χ0n) is 13.8. The highest BCUT2D eigenvalue weighted by molar-refractivity contribution is 7.13. The number of aromatic nitrogens is 2. The minimum Gasteiger partial charge on any atom is -0.365 e. The molecule has 0 saturated carbocycles. The molecule has 120 valence electrons. The SMILES string of the molecule is Cc1ccc2nc(-c3sccc3C)c(NCc3ccccc3)n2c1. The topological polar surface area (TPSA) is 29.3 Å². The molecule has 0 spiro atoms. The zero-order chi connectivity index (χ0) is 16.5. The van der Waals surface area contributed by atoms with Crippen molar-refractivity contribution in [2.75, 3.05) is 5.32 Å². The quantitative estimate of drug-likeness (QED) is 0.550. The third kappa shape index (κ3) is 2.69. The molecule has 3 heterocycles. The lowest BCUT2D eigenvalue weighted by Gasteiger charge is -2.09. The number of hydrogen-bond donors (Lipinski definition) is 1. The van der Waals surface area contributed by atoms with Crippen LogP contribution in [-0.4, -0.2) is 9.38 Å². The van der Waals surface area contributed by atoms with Gasteiger partial charge in [0.05, 0.1) is 4.88 Å². The molecule has 0 amide bonds. The first-order valence-electron chi connectivity index (χ1n) is 8.03. The molecule has 0 saturated heterocycles. The van der Waals surface area contributed by atoms with Gasteiger partial charge in [0.15, 0.2) is 0 Å². The van der Waals surface area contributed by atoms with Crippen LogP contribution in [0, 0.1) is 13.8 Å². The van der Waals surface area contributed by atoms with E-state index in [-0.39, 0.29) is 0 Å². The van der Waals surface area contributed by atoms with Gasteiger partial charge in [0, 0.05) is 12.7 Å². The van der Waals surface area contributed by atoms with Gasteiger partial charge >= 0.3 is 0 Å². The lowest BCUT2D eigenvalue weighted by molar-refractivity contribution is 1.08. The second kappa shape index (κ2) is 6.13. The molecule has 0 fully saturated rings. The maximum Gasteiger partial charge on any atom is 0.139 e. The normalized spacial score (nSPS) is 11.1. The minimum absolute atomic E-state index is 0.778. The van der Waals surface area contributed by atoms with Gasteiger partial charge in [-0.05, 0) is 48.1 Å². The molecule has 0 bridgehead atoms. The molecule has 0 atom stereocenters. The standard InChI is InChI=1S/C20H19N3S/c1-14-8-9-17-22-18(19-15(2)10-11-24-19)20(23(17)13-14)21-12-16-6-4-3-5-7-16/h3-11,13,21H,12H2,1-2H3. The molecule has 3 nitrogen and oxygen atoms in total. The molecule has 0 unspecified atom stereocenters. The van der Waals surface area contributed by atoms with E-state index in [1.807, 2.05) is 6.07 Å². The molecule has 0 radical (unpaired) electrons. The first-order valence-corrected chi connectivity index (χ1v) is 8.91. The van der Waals surface area contributed by atoms with Crippen molar-refractivity contribution in [1.29, 1.82) is 0 Å². The Morgan fingerprint density at radius 1 is 1.04 bits per heavy atom. The summed E-state index contributed by atoms with van der Waals surface area (Å²) >= 11 is 1.74. The number of nitrogens with one attached hydrogen (secondary N) is 1. The van der Waals surface area contributed by atoms with Gasteiger partial charge in [-0.25, -0.2) is 4.98 Å². The Hall–Kier alpha value is -2.59. The highest BCUT2D eigenvalue weighted by Crippen LogP contribution is 2.35. The highest BCUT2D eigenvalue weighted by Gasteiger charge is 2.16. The van der Waals surface area contributed by atoms with E-state index in [0.29, 0.717) is 0 Å². The molecule has 4 rings (SSSR count). The lowest BCUT2D eigenvalue weighted by atomic mass is 10.2. The zero-order valence-corrected chi connectivity index (χ0v) is 14.6. The van der Waals surface area contributed by atoms with Gasteiger partial charge in [-0.2, -0.15) is 0 Å². The van der Waals surface area contributed by atoms with Crippen LogP contribution in [0.1, 0.15) is 16.7 Å². The van der Waals surface area contributed by atoms with Crippen LogP contribution in [0.5, 0.6) is 0 Å². The number of hydrogen-bond acceptors (Lipinski definition) is 3. The van der Waals surface area contributed by atoms with Crippen molar-refractivity contribution in [3.05, 3.63) is 76.8 Å². The highest BCUT2D eigenvalue weighted by atomic mass is 32.1. The number of fused-ring (bicyclic) bond motifs is 1. The van der Waals surface area contributed by atoms with Crippen LogP contribution in [0.3, 0.4) is 0 Å². The molecule has 0 aliphatic heterocycles. The maximum atomic E-state index is 4.88. The van der Waals surface area contributed by atoms with Crippen LogP contribution in [0.15, 0.2) is 60.1 Å². The minimum atomic E-state index is 0.778. The first kappa shape index (κ1) is 15.0. The number of thiophene rings is 1. The van der Waals surface area contributed by atoms with Crippen molar-refractivity contribution in [3.8, 4) is 10.6 Å². The Kier molecular flexibility index (Phi) is 3.82. The first-order chi connectivity index (χ1) is 11.7. The summed E-state index contributed by atoms with van der Waals surface area (Å²) in [7, 11) is 0.